The summed E-state index contributed by atoms with van der Waals surface area (Å²) in [6.45, 7) is 1.97. The maximum Gasteiger partial charge on any atom is 0.356 e. The second kappa shape index (κ2) is 6.96. The molecule has 0 atom stereocenters. The first-order chi connectivity index (χ1) is 13.1. The summed E-state index contributed by atoms with van der Waals surface area (Å²) in [5.74, 6) is -0.532. The van der Waals surface area contributed by atoms with Crippen LogP contribution in [0.5, 0.6) is 0 Å². The molecule has 0 spiro atoms. The molecule has 134 valence electrons. The quantitative estimate of drug-likeness (QED) is 0.265. The molecule has 0 aliphatic heterocycles. The third kappa shape index (κ3) is 3.13. The molecule has 4 rings (SSSR count). The number of fused-ring (bicyclic) bond motifs is 3. The van der Waals surface area contributed by atoms with E-state index in [1.165, 1.54) is 0 Å². The van der Waals surface area contributed by atoms with Crippen molar-refractivity contribution in [3.63, 3.8) is 0 Å². The number of nitrogens with zero attached hydrogens (tertiary/aromatic N) is 1. The molecule has 2 aromatic carbocycles. The number of esters is 1. The zero-order valence-corrected chi connectivity index (χ0v) is 15.9. The van der Waals surface area contributed by atoms with Gasteiger partial charge in [0.1, 0.15) is 11.3 Å². The van der Waals surface area contributed by atoms with E-state index in [9.17, 15) is 9.59 Å². The number of hydrogen-bond acceptors (Lipinski definition) is 5. The highest BCUT2D eigenvalue weighted by Crippen LogP contribution is 2.31. The van der Waals surface area contributed by atoms with Crippen LogP contribution in [-0.2, 0) is 4.74 Å². The number of pyridine rings is 1. The minimum absolute atomic E-state index is 0.151. The van der Waals surface area contributed by atoms with Crippen LogP contribution in [0.15, 0.2) is 68.3 Å². The summed E-state index contributed by atoms with van der Waals surface area (Å²) in [6, 6.07) is 16.2. The zero-order valence-electron chi connectivity index (χ0n) is 14.4. The van der Waals surface area contributed by atoms with Gasteiger partial charge in [-0.15, -0.1) is 0 Å². The summed E-state index contributed by atoms with van der Waals surface area (Å²) in [5.41, 5.74) is 1.85. The van der Waals surface area contributed by atoms with Crippen molar-refractivity contribution in [3.8, 4) is 11.1 Å². The van der Waals surface area contributed by atoms with Crippen molar-refractivity contribution in [1.29, 1.82) is 0 Å². The molecule has 27 heavy (non-hydrogen) atoms. The van der Waals surface area contributed by atoms with Crippen LogP contribution in [-0.4, -0.2) is 17.6 Å². The van der Waals surface area contributed by atoms with Gasteiger partial charge in [0.05, 0.1) is 17.5 Å². The summed E-state index contributed by atoms with van der Waals surface area (Å²) < 4.78 is 11.5. The Bertz CT molecular complexity index is 1230. The Morgan fingerprint density at radius 1 is 1.15 bits per heavy atom. The number of benzene rings is 2. The summed E-state index contributed by atoms with van der Waals surface area (Å²) in [4.78, 5) is 29.5. The van der Waals surface area contributed by atoms with Crippen LogP contribution >= 0.6 is 15.9 Å². The minimum atomic E-state index is -0.532. The van der Waals surface area contributed by atoms with Gasteiger partial charge in [0, 0.05) is 15.4 Å². The third-order valence-electron chi connectivity index (χ3n) is 4.21. The monoisotopic (exact) mass is 423 g/mol. The third-order valence-corrected chi connectivity index (χ3v) is 4.74. The molecule has 0 aliphatic rings. The van der Waals surface area contributed by atoms with Crippen LogP contribution < -0.4 is 5.63 Å². The van der Waals surface area contributed by atoms with Crippen LogP contribution in [0.2, 0.25) is 0 Å². The van der Waals surface area contributed by atoms with E-state index in [-0.39, 0.29) is 12.3 Å². The van der Waals surface area contributed by atoms with Crippen LogP contribution in [0.4, 0.5) is 0 Å². The van der Waals surface area contributed by atoms with Crippen molar-refractivity contribution in [2.45, 2.75) is 6.92 Å². The van der Waals surface area contributed by atoms with E-state index in [0.717, 1.165) is 10.0 Å². The fourth-order valence-electron chi connectivity index (χ4n) is 3.02. The van der Waals surface area contributed by atoms with Crippen molar-refractivity contribution >= 4 is 43.8 Å². The Labute approximate surface area is 162 Å². The number of aromatic nitrogens is 1. The lowest BCUT2D eigenvalue weighted by Gasteiger charge is -2.10. The first kappa shape index (κ1) is 17.4. The van der Waals surface area contributed by atoms with Gasteiger partial charge in [-0.1, -0.05) is 40.2 Å². The molecule has 0 saturated carbocycles. The Morgan fingerprint density at radius 2 is 1.89 bits per heavy atom. The molecule has 2 heterocycles. The number of carbonyl (C=O) groups excluding carboxylic acids is 1. The van der Waals surface area contributed by atoms with Gasteiger partial charge in [-0.25, -0.2) is 14.6 Å². The van der Waals surface area contributed by atoms with Gasteiger partial charge in [-0.3, -0.25) is 0 Å². The first-order valence-electron chi connectivity index (χ1n) is 8.38. The SMILES string of the molecule is CCOC(=O)c1cc(-c2ccc(Br)cc2)c2c(=O)oc3ccccc3c2n1. The second-order valence-electron chi connectivity index (χ2n) is 5.89. The Hall–Kier alpha value is -2.99. The molecule has 0 unspecified atom stereocenters. The van der Waals surface area contributed by atoms with E-state index in [4.69, 9.17) is 9.15 Å². The molecule has 0 N–H and O–H groups in total. The van der Waals surface area contributed by atoms with Crippen LogP contribution in [0.1, 0.15) is 17.4 Å². The van der Waals surface area contributed by atoms with Gasteiger partial charge in [0.15, 0.2) is 0 Å². The summed E-state index contributed by atoms with van der Waals surface area (Å²) in [6.07, 6.45) is 0. The summed E-state index contributed by atoms with van der Waals surface area (Å²) in [7, 11) is 0. The number of halogens is 1. The Morgan fingerprint density at radius 3 is 2.63 bits per heavy atom. The van der Waals surface area contributed by atoms with Gasteiger partial charge >= 0.3 is 11.6 Å². The van der Waals surface area contributed by atoms with Crippen molar-refractivity contribution in [1.82, 2.24) is 4.98 Å². The molecule has 0 aliphatic carbocycles. The zero-order chi connectivity index (χ0) is 19.0. The predicted molar refractivity (Wildman–Crippen MR) is 107 cm³/mol. The van der Waals surface area contributed by atoms with Gasteiger partial charge in [0.2, 0.25) is 0 Å². The molecule has 4 aromatic rings. The summed E-state index contributed by atoms with van der Waals surface area (Å²) >= 11 is 3.41. The molecule has 6 heteroatoms. The molecular weight excluding hydrogens is 410 g/mol. The predicted octanol–water partition coefficient (Wildman–Crippen LogP) is 4.95. The van der Waals surface area contributed by atoms with Crippen LogP contribution in [0.3, 0.4) is 0 Å². The molecule has 0 fully saturated rings. The topological polar surface area (TPSA) is 69.4 Å². The number of rotatable bonds is 3. The number of ether oxygens (including phenoxy) is 1. The Kier molecular flexibility index (Phi) is 4.49. The second-order valence-corrected chi connectivity index (χ2v) is 6.81. The van der Waals surface area contributed by atoms with Gasteiger partial charge in [0.25, 0.3) is 0 Å². The molecule has 5 nitrogen and oxygen atoms in total. The lowest BCUT2D eigenvalue weighted by Crippen LogP contribution is -2.10. The molecule has 0 amide bonds. The van der Waals surface area contributed by atoms with E-state index >= 15 is 0 Å². The van der Waals surface area contributed by atoms with Gasteiger partial charge in [-0.05, 0) is 42.8 Å². The maximum atomic E-state index is 12.7. The highest BCUT2D eigenvalue weighted by molar-refractivity contribution is 9.10. The average Bonchev–Trinajstić information content (AvgIpc) is 2.68. The fraction of sp³-hybridized carbons (Fsp3) is 0.0952. The standard InChI is InChI=1S/C21H14BrNO4/c1-2-26-20(24)16-11-15(12-7-9-13(22)10-8-12)18-19(23-16)14-5-3-4-6-17(14)27-21(18)25/h3-11H,2H2,1H3. The highest BCUT2D eigenvalue weighted by Gasteiger charge is 2.19. The summed E-state index contributed by atoms with van der Waals surface area (Å²) in [5, 5.41) is 1.00. The molecule has 0 radical (unpaired) electrons. The normalized spacial score (nSPS) is 11.0. The van der Waals surface area contributed by atoms with Crippen molar-refractivity contribution in [2.24, 2.45) is 0 Å². The molecular formula is C21H14BrNO4. The Balaban J connectivity index is 2.14. The highest BCUT2D eigenvalue weighted by atomic mass is 79.9. The fourth-order valence-corrected chi connectivity index (χ4v) is 3.28. The van der Waals surface area contributed by atoms with Crippen LogP contribution in [0, 0.1) is 0 Å². The number of para-hydroxylation sites is 1. The van der Waals surface area contributed by atoms with Gasteiger partial charge in [-0.2, -0.15) is 0 Å². The van der Waals surface area contributed by atoms with E-state index in [1.807, 2.05) is 36.4 Å². The lowest BCUT2D eigenvalue weighted by molar-refractivity contribution is 0.0520. The smallest absolute Gasteiger partial charge is 0.356 e. The van der Waals surface area contributed by atoms with E-state index in [2.05, 4.69) is 20.9 Å². The number of carbonyl (C=O) groups is 1. The van der Waals surface area contributed by atoms with Crippen LogP contribution in [0.25, 0.3) is 33.0 Å². The number of hydrogen-bond donors (Lipinski definition) is 0. The maximum absolute atomic E-state index is 12.7. The molecule has 0 saturated heterocycles. The van der Waals surface area contributed by atoms with Crippen molar-refractivity contribution < 1.29 is 13.9 Å². The molecule has 2 aromatic heterocycles. The van der Waals surface area contributed by atoms with Crippen molar-refractivity contribution in [3.05, 3.63) is 75.2 Å². The van der Waals surface area contributed by atoms with E-state index in [1.54, 1.807) is 25.1 Å². The molecule has 0 bridgehead atoms. The average molecular weight is 424 g/mol. The first-order valence-corrected chi connectivity index (χ1v) is 9.17. The minimum Gasteiger partial charge on any atom is -0.461 e. The van der Waals surface area contributed by atoms with E-state index in [0.29, 0.717) is 27.4 Å². The van der Waals surface area contributed by atoms with Crippen molar-refractivity contribution in [2.75, 3.05) is 6.61 Å². The lowest BCUT2D eigenvalue weighted by atomic mass is 10.00. The van der Waals surface area contributed by atoms with Gasteiger partial charge < -0.3 is 9.15 Å². The largest absolute Gasteiger partial charge is 0.461 e. The van der Waals surface area contributed by atoms with E-state index < -0.39 is 11.6 Å².